The highest BCUT2D eigenvalue weighted by Crippen LogP contribution is 2.31. The van der Waals surface area contributed by atoms with Gasteiger partial charge in [-0.15, -0.1) is 20.4 Å². The molecule has 3 aromatic heterocycles. The van der Waals surface area contributed by atoms with Crippen LogP contribution in [0.25, 0.3) is 11.4 Å². The van der Waals surface area contributed by atoms with E-state index in [1.54, 1.807) is 18.5 Å². The third kappa shape index (κ3) is 4.43. The zero-order chi connectivity index (χ0) is 20.3. The summed E-state index contributed by atoms with van der Waals surface area (Å²) in [4.78, 5) is 4.12. The van der Waals surface area contributed by atoms with Crippen molar-refractivity contribution in [2.24, 2.45) is 0 Å². The minimum Gasteiger partial charge on any atom is -0.297 e. The maximum absolute atomic E-state index is 12.7. The van der Waals surface area contributed by atoms with Gasteiger partial charge in [0.25, 0.3) is 0 Å². The minimum absolute atomic E-state index is 0.289. The second-order valence-electron chi connectivity index (χ2n) is 5.98. The summed E-state index contributed by atoms with van der Waals surface area (Å²) in [6.07, 6.45) is -1.19. The van der Waals surface area contributed by atoms with E-state index in [2.05, 4.69) is 25.4 Å². The molecular weight excluding hydrogens is 401 g/mol. The van der Waals surface area contributed by atoms with Crippen LogP contribution in [0.4, 0.5) is 13.2 Å². The Morgan fingerprint density at radius 3 is 2.34 bits per heavy atom. The van der Waals surface area contributed by atoms with Crippen molar-refractivity contribution in [2.45, 2.75) is 22.9 Å². The molecule has 0 aliphatic rings. The SMILES string of the molecule is FC(F)(F)c1ccc(Sc2nnc(-c3cccnc3)n2Cc2ccccc2)nn1. The first kappa shape index (κ1) is 19.1. The zero-order valence-electron chi connectivity index (χ0n) is 14.8. The highest BCUT2D eigenvalue weighted by molar-refractivity contribution is 7.99. The number of alkyl halides is 3. The molecule has 10 heteroatoms. The number of benzene rings is 1. The Bertz CT molecular complexity index is 1080. The van der Waals surface area contributed by atoms with Gasteiger partial charge in [0, 0.05) is 18.0 Å². The van der Waals surface area contributed by atoms with Crippen LogP contribution in [0.5, 0.6) is 0 Å². The molecule has 29 heavy (non-hydrogen) atoms. The molecule has 146 valence electrons. The van der Waals surface area contributed by atoms with E-state index in [0.717, 1.165) is 29.0 Å². The third-order valence-electron chi connectivity index (χ3n) is 3.95. The van der Waals surface area contributed by atoms with Crippen LogP contribution in [0, 0.1) is 0 Å². The molecule has 0 amide bonds. The predicted octanol–water partition coefficient (Wildman–Crippen LogP) is 4.35. The zero-order valence-corrected chi connectivity index (χ0v) is 15.6. The number of halogens is 3. The van der Waals surface area contributed by atoms with Crippen LogP contribution in [0.1, 0.15) is 11.3 Å². The molecule has 6 nitrogen and oxygen atoms in total. The van der Waals surface area contributed by atoms with Crippen LogP contribution in [0.2, 0.25) is 0 Å². The second kappa shape index (κ2) is 8.00. The second-order valence-corrected chi connectivity index (χ2v) is 6.96. The molecule has 0 N–H and O–H groups in total. The Balaban J connectivity index is 1.68. The minimum atomic E-state index is -4.53. The van der Waals surface area contributed by atoms with Gasteiger partial charge in [-0.3, -0.25) is 9.55 Å². The molecule has 0 bridgehead atoms. The van der Waals surface area contributed by atoms with Crippen molar-refractivity contribution >= 4 is 11.8 Å². The fraction of sp³-hybridized carbons (Fsp3) is 0.105. The van der Waals surface area contributed by atoms with Crippen molar-refractivity contribution < 1.29 is 13.2 Å². The van der Waals surface area contributed by atoms with Gasteiger partial charge in [0.2, 0.25) is 0 Å². The van der Waals surface area contributed by atoms with Crippen molar-refractivity contribution in [2.75, 3.05) is 0 Å². The molecule has 0 unspecified atom stereocenters. The van der Waals surface area contributed by atoms with E-state index in [9.17, 15) is 13.2 Å². The summed E-state index contributed by atoms with van der Waals surface area (Å²) in [5, 5.41) is 16.2. The number of hydrogen-bond donors (Lipinski definition) is 0. The van der Waals surface area contributed by atoms with Crippen LogP contribution in [-0.2, 0) is 12.7 Å². The van der Waals surface area contributed by atoms with Crippen LogP contribution in [0.15, 0.2) is 77.2 Å². The Labute approximate surface area is 167 Å². The average Bonchev–Trinajstić information content (AvgIpc) is 3.11. The lowest BCUT2D eigenvalue weighted by Gasteiger charge is -2.10. The molecule has 0 saturated carbocycles. The first-order valence-corrected chi connectivity index (χ1v) is 9.28. The monoisotopic (exact) mass is 414 g/mol. The van der Waals surface area contributed by atoms with Crippen LogP contribution in [0.3, 0.4) is 0 Å². The summed E-state index contributed by atoms with van der Waals surface area (Å²) in [6, 6.07) is 15.6. The Hall–Kier alpha value is -3.27. The van der Waals surface area contributed by atoms with Crippen LogP contribution in [-0.4, -0.2) is 29.9 Å². The van der Waals surface area contributed by atoms with Gasteiger partial charge in [-0.05, 0) is 41.6 Å². The van der Waals surface area contributed by atoms with E-state index < -0.39 is 11.9 Å². The van der Waals surface area contributed by atoms with Gasteiger partial charge in [-0.25, -0.2) is 0 Å². The van der Waals surface area contributed by atoms with E-state index in [1.807, 2.05) is 41.0 Å². The number of hydrogen-bond acceptors (Lipinski definition) is 6. The molecule has 4 aromatic rings. The van der Waals surface area contributed by atoms with Crippen molar-refractivity contribution in [1.29, 1.82) is 0 Å². The maximum Gasteiger partial charge on any atom is 0.435 e. The molecule has 0 spiro atoms. The fourth-order valence-electron chi connectivity index (χ4n) is 2.60. The normalized spacial score (nSPS) is 11.6. The van der Waals surface area contributed by atoms with E-state index in [0.29, 0.717) is 17.5 Å². The quantitative estimate of drug-likeness (QED) is 0.484. The lowest BCUT2D eigenvalue weighted by atomic mass is 10.2. The Morgan fingerprint density at radius 2 is 1.69 bits per heavy atom. The van der Waals surface area contributed by atoms with Gasteiger partial charge >= 0.3 is 6.18 Å². The van der Waals surface area contributed by atoms with E-state index >= 15 is 0 Å². The first-order chi connectivity index (χ1) is 14.0. The molecule has 3 heterocycles. The standard InChI is InChI=1S/C19H13F3N6S/c20-19(21,22)15-8-9-16(25-24-15)29-18-27-26-17(14-7-4-10-23-11-14)28(18)12-13-5-2-1-3-6-13/h1-11H,12H2. The Kier molecular flexibility index (Phi) is 5.26. The van der Waals surface area contributed by atoms with Crippen molar-refractivity contribution in [3.8, 4) is 11.4 Å². The van der Waals surface area contributed by atoms with Gasteiger partial charge in [0.15, 0.2) is 16.7 Å². The lowest BCUT2D eigenvalue weighted by Crippen LogP contribution is -2.09. The lowest BCUT2D eigenvalue weighted by molar-refractivity contribution is -0.141. The van der Waals surface area contributed by atoms with Gasteiger partial charge in [-0.1, -0.05) is 30.3 Å². The fourth-order valence-corrected chi connectivity index (χ4v) is 3.35. The topological polar surface area (TPSA) is 69.4 Å². The van der Waals surface area contributed by atoms with Gasteiger partial charge in [-0.2, -0.15) is 13.2 Å². The summed E-state index contributed by atoms with van der Waals surface area (Å²) in [7, 11) is 0. The average molecular weight is 414 g/mol. The third-order valence-corrected chi connectivity index (χ3v) is 4.86. The van der Waals surface area contributed by atoms with Gasteiger partial charge < -0.3 is 0 Å². The molecule has 0 aliphatic heterocycles. The number of aromatic nitrogens is 6. The molecule has 0 atom stereocenters. The molecule has 4 rings (SSSR count). The molecule has 0 radical (unpaired) electrons. The molecule has 0 aliphatic carbocycles. The maximum atomic E-state index is 12.7. The summed E-state index contributed by atoms with van der Waals surface area (Å²) in [5.74, 6) is 0.601. The number of nitrogens with zero attached hydrogens (tertiary/aromatic N) is 6. The van der Waals surface area contributed by atoms with Crippen LogP contribution >= 0.6 is 11.8 Å². The van der Waals surface area contributed by atoms with Gasteiger partial charge in [0.05, 0.1) is 6.54 Å². The van der Waals surface area contributed by atoms with Crippen molar-refractivity contribution in [3.63, 3.8) is 0 Å². The summed E-state index contributed by atoms with van der Waals surface area (Å²) < 4.78 is 40.0. The molecule has 0 saturated heterocycles. The highest BCUT2D eigenvalue weighted by atomic mass is 32.2. The van der Waals surface area contributed by atoms with E-state index in [1.165, 1.54) is 6.07 Å². The number of rotatable bonds is 5. The summed E-state index contributed by atoms with van der Waals surface area (Å²) >= 11 is 1.10. The Morgan fingerprint density at radius 1 is 0.862 bits per heavy atom. The molecule has 1 aromatic carbocycles. The smallest absolute Gasteiger partial charge is 0.297 e. The largest absolute Gasteiger partial charge is 0.435 e. The summed E-state index contributed by atoms with van der Waals surface area (Å²) in [5.41, 5.74) is 0.766. The number of pyridine rings is 1. The van der Waals surface area contributed by atoms with Gasteiger partial charge in [0.1, 0.15) is 5.03 Å². The highest BCUT2D eigenvalue weighted by Gasteiger charge is 2.33. The molecule has 0 fully saturated rings. The first-order valence-electron chi connectivity index (χ1n) is 8.47. The predicted molar refractivity (Wildman–Crippen MR) is 100.0 cm³/mol. The van der Waals surface area contributed by atoms with Crippen molar-refractivity contribution in [3.05, 3.63) is 78.2 Å². The summed E-state index contributed by atoms with van der Waals surface area (Å²) in [6.45, 7) is 0.481. The molecular formula is C19H13F3N6S. The van der Waals surface area contributed by atoms with E-state index in [4.69, 9.17) is 0 Å². The van der Waals surface area contributed by atoms with Crippen molar-refractivity contribution in [1.82, 2.24) is 29.9 Å². The van der Waals surface area contributed by atoms with E-state index in [-0.39, 0.29) is 5.03 Å². The van der Waals surface area contributed by atoms with Crippen LogP contribution < -0.4 is 0 Å².